The highest BCUT2D eigenvalue weighted by Gasteiger charge is 3.15. The van der Waals surface area contributed by atoms with Gasteiger partial charge in [0.25, 0.3) is 0 Å². The molecule has 7 rings (SSSR count). The molecule has 3 unspecified atom stereocenters. The normalized spacial score (nSPS) is 41.8. The van der Waals surface area contributed by atoms with Crippen LogP contribution in [0.2, 0.25) is 0 Å². The quantitative estimate of drug-likeness (QED) is 0.464. The first-order valence-corrected chi connectivity index (χ1v) is 9.78. The molecule has 2 saturated heterocycles. The summed E-state index contributed by atoms with van der Waals surface area (Å²) in [5.74, 6) is 0. The Balaban J connectivity index is 1.54. The van der Waals surface area contributed by atoms with Gasteiger partial charge >= 0.3 is 0 Å². The fourth-order valence-electron chi connectivity index (χ4n) is 8.01. The van der Waals surface area contributed by atoms with E-state index in [9.17, 15) is 0 Å². The summed E-state index contributed by atoms with van der Waals surface area (Å²) in [7, 11) is 0. The Labute approximate surface area is 154 Å². The molecular formula is C25H22N+. The fourth-order valence-corrected chi connectivity index (χ4v) is 8.01. The van der Waals surface area contributed by atoms with E-state index in [1.807, 2.05) is 0 Å². The van der Waals surface area contributed by atoms with Gasteiger partial charge in [0, 0.05) is 35.6 Å². The van der Waals surface area contributed by atoms with Crippen molar-refractivity contribution in [3.63, 3.8) is 0 Å². The first kappa shape index (κ1) is 13.8. The summed E-state index contributed by atoms with van der Waals surface area (Å²) in [4.78, 5) is 0. The van der Waals surface area contributed by atoms with E-state index < -0.39 is 0 Å². The third-order valence-corrected chi connectivity index (χ3v) is 8.54. The number of hydrogen-bond acceptors (Lipinski definition) is 0. The maximum atomic E-state index is 2.52. The summed E-state index contributed by atoms with van der Waals surface area (Å²) < 4.78 is 1.25. The van der Waals surface area contributed by atoms with Crippen LogP contribution in [0, 0.1) is 0 Å². The Morgan fingerprint density at radius 3 is 1.92 bits per heavy atom. The lowest BCUT2D eigenvalue weighted by atomic mass is 9.72. The van der Waals surface area contributed by atoms with Crippen LogP contribution in [0.15, 0.2) is 78.9 Å². The second-order valence-corrected chi connectivity index (χ2v) is 9.02. The number of nitrogens with zero attached hydrogens (tertiary/aromatic N) is 1. The maximum Gasteiger partial charge on any atom is 0.211 e. The number of benzene rings is 3. The van der Waals surface area contributed by atoms with Crippen LogP contribution in [0.5, 0.6) is 0 Å². The van der Waals surface area contributed by atoms with Crippen molar-refractivity contribution in [3.05, 3.63) is 107 Å². The third kappa shape index (κ3) is 0.965. The van der Waals surface area contributed by atoms with Crippen LogP contribution in [0.4, 0.5) is 0 Å². The van der Waals surface area contributed by atoms with Gasteiger partial charge in [-0.2, -0.15) is 0 Å². The van der Waals surface area contributed by atoms with E-state index in [0.717, 1.165) is 12.5 Å². The zero-order chi connectivity index (χ0) is 17.4. The molecule has 0 amide bonds. The second kappa shape index (κ2) is 3.68. The minimum Gasteiger partial charge on any atom is -0.270 e. The third-order valence-electron chi connectivity index (χ3n) is 8.54. The van der Waals surface area contributed by atoms with Crippen LogP contribution in [-0.4, -0.2) is 10.5 Å². The minimum absolute atomic E-state index is 0.112. The van der Waals surface area contributed by atoms with Gasteiger partial charge in [0.15, 0.2) is 16.6 Å². The average molecular weight is 336 g/mol. The number of hydrogen-bond donors (Lipinski definition) is 0. The molecule has 1 spiro atoms. The molecule has 0 bridgehead atoms. The highest BCUT2D eigenvalue weighted by atomic mass is 15.8. The van der Waals surface area contributed by atoms with Gasteiger partial charge in [0.05, 0.1) is 0 Å². The number of fused-ring (bicyclic) bond motifs is 8. The smallest absolute Gasteiger partial charge is 0.211 e. The molecule has 4 aliphatic rings. The topological polar surface area (TPSA) is 0 Å². The lowest BCUT2D eigenvalue weighted by molar-refractivity contribution is -0.832. The van der Waals surface area contributed by atoms with Crippen molar-refractivity contribution in [2.24, 2.45) is 0 Å². The molecule has 4 heterocycles. The average Bonchev–Trinajstić information content (AvgIpc) is 3.49. The molecular weight excluding hydrogens is 314 g/mol. The lowest BCUT2D eigenvalue weighted by Gasteiger charge is -2.30. The van der Waals surface area contributed by atoms with Crippen molar-refractivity contribution in [1.29, 1.82) is 0 Å². The van der Waals surface area contributed by atoms with Crippen molar-refractivity contribution >= 4 is 0 Å². The summed E-state index contributed by atoms with van der Waals surface area (Å²) in [6, 6.07) is 30.4. The summed E-state index contributed by atoms with van der Waals surface area (Å²) >= 11 is 0. The van der Waals surface area contributed by atoms with Gasteiger partial charge < -0.3 is 0 Å². The van der Waals surface area contributed by atoms with Crippen LogP contribution in [0.25, 0.3) is 0 Å². The molecule has 1 nitrogen and oxygen atoms in total. The van der Waals surface area contributed by atoms with E-state index in [1.165, 1.54) is 10.0 Å². The summed E-state index contributed by atoms with van der Waals surface area (Å²) in [5, 5.41) is 0. The highest BCUT2D eigenvalue weighted by Crippen LogP contribution is 2.97. The number of rotatable bonds is 2. The van der Waals surface area contributed by atoms with Gasteiger partial charge in [-0.15, -0.1) is 0 Å². The van der Waals surface area contributed by atoms with Crippen LogP contribution in [0.3, 0.4) is 0 Å². The summed E-state index contributed by atoms with van der Waals surface area (Å²) in [5.41, 5.74) is 8.53. The highest BCUT2D eigenvalue weighted by molar-refractivity contribution is 5.67. The van der Waals surface area contributed by atoms with E-state index in [0.29, 0.717) is 5.54 Å². The Kier molecular flexibility index (Phi) is 1.95. The molecule has 1 heteroatoms. The zero-order valence-corrected chi connectivity index (χ0v) is 15.2. The standard InChI is InChI=1S/C25H22N/c1-23-18-12-6-7-13-19(18)24(2)22-25(26(22,23)24,16-17-10-4-3-5-11-17)21-15-9-8-14-20(21)23/h3-15,22H,16H2,1-2H3/q+1/t22?,23?,24-,25+,26?/m0/s1. The Hall–Kier alpha value is -2.38. The second-order valence-electron chi connectivity index (χ2n) is 9.02. The predicted molar refractivity (Wildman–Crippen MR) is 103 cm³/mol. The van der Waals surface area contributed by atoms with Crippen molar-refractivity contribution in [2.45, 2.75) is 42.9 Å². The van der Waals surface area contributed by atoms with Crippen molar-refractivity contribution < 1.29 is 4.48 Å². The van der Waals surface area contributed by atoms with Gasteiger partial charge in [0.2, 0.25) is 6.04 Å². The molecule has 0 aromatic heterocycles. The van der Waals surface area contributed by atoms with Gasteiger partial charge in [-0.05, 0) is 12.5 Å². The van der Waals surface area contributed by atoms with Crippen LogP contribution >= 0.6 is 0 Å². The van der Waals surface area contributed by atoms with Crippen LogP contribution < -0.4 is 0 Å². The monoisotopic (exact) mass is 336 g/mol. The Bertz CT molecular complexity index is 1120. The van der Waals surface area contributed by atoms with E-state index in [4.69, 9.17) is 0 Å². The summed E-state index contributed by atoms with van der Waals surface area (Å²) in [6.07, 6.45) is 1.16. The fraction of sp³-hybridized carbons (Fsp3) is 0.280. The molecule has 3 aromatic carbocycles. The maximum absolute atomic E-state index is 2.52. The molecule has 0 N–H and O–H groups in total. The first-order valence-electron chi connectivity index (χ1n) is 9.78. The van der Waals surface area contributed by atoms with E-state index in [2.05, 4.69) is 92.7 Å². The lowest BCUT2D eigenvalue weighted by Crippen LogP contribution is -2.45. The van der Waals surface area contributed by atoms with Crippen LogP contribution in [0.1, 0.15) is 41.7 Å². The SMILES string of the molecule is CC12c3ccccc3[C@@]3(C)C4[C@@](Cc5ccccc5)(c5ccccc51)[N+]423. The molecule has 4 aliphatic heterocycles. The Morgan fingerprint density at radius 2 is 1.23 bits per heavy atom. The molecule has 0 saturated carbocycles. The first-order chi connectivity index (χ1) is 12.6. The van der Waals surface area contributed by atoms with Crippen molar-refractivity contribution in [3.8, 4) is 0 Å². The zero-order valence-electron chi connectivity index (χ0n) is 15.2. The van der Waals surface area contributed by atoms with Crippen LogP contribution in [-0.2, 0) is 23.0 Å². The minimum atomic E-state index is 0.112. The molecule has 126 valence electrons. The molecule has 5 atom stereocenters. The van der Waals surface area contributed by atoms with E-state index in [-0.39, 0.29) is 11.1 Å². The van der Waals surface area contributed by atoms with E-state index >= 15 is 0 Å². The molecule has 0 aliphatic carbocycles. The van der Waals surface area contributed by atoms with Gasteiger partial charge in [-0.25, -0.2) is 0 Å². The van der Waals surface area contributed by atoms with Crippen molar-refractivity contribution in [2.75, 3.05) is 0 Å². The van der Waals surface area contributed by atoms with E-state index in [1.54, 1.807) is 22.3 Å². The molecule has 3 aromatic rings. The molecule has 0 radical (unpaired) electrons. The van der Waals surface area contributed by atoms with Crippen molar-refractivity contribution in [1.82, 2.24) is 0 Å². The molecule has 2 fully saturated rings. The molecule has 26 heavy (non-hydrogen) atoms. The number of quaternary nitrogens is 1. The largest absolute Gasteiger partial charge is 0.270 e. The summed E-state index contributed by atoms with van der Waals surface area (Å²) in [6.45, 7) is 5.05. The van der Waals surface area contributed by atoms with Gasteiger partial charge in [-0.1, -0.05) is 78.9 Å². The predicted octanol–water partition coefficient (Wildman–Crippen LogP) is 4.84. The van der Waals surface area contributed by atoms with Gasteiger partial charge in [0.1, 0.15) is 0 Å². The Morgan fingerprint density at radius 1 is 0.692 bits per heavy atom. The van der Waals surface area contributed by atoms with Gasteiger partial charge in [-0.3, -0.25) is 4.48 Å².